The van der Waals surface area contributed by atoms with Crippen LogP contribution in [0.4, 0.5) is 0 Å². The minimum absolute atomic E-state index is 0.263. The van der Waals surface area contributed by atoms with Crippen molar-refractivity contribution >= 4 is 23.0 Å². The molecule has 3 rings (SSSR count). The van der Waals surface area contributed by atoms with Crippen LogP contribution in [0.3, 0.4) is 0 Å². The number of amides is 1. The van der Waals surface area contributed by atoms with Gasteiger partial charge in [0, 0.05) is 35.1 Å². The number of hydrazone groups is 1. The van der Waals surface area contributed by atoms with Gasteiger partial charge in [-0.1, -0.05) is 12.1 Å². The van der Waals surface area contributed by atoms with Crippen LogP contribution in [0.1, 0.15) is 15.9 Å². The molecular weight excluding hydrogens is 264 g/mol. The highest BCUT2D eigenvalue weighted by Gasteiger charge is 2.05. The summed E-state index contributed by atoms with van der Waals surface area (Å²) in [6.45, 7) is 0. The lowest BCUT2D eigenvalue weighted by Crippen LogP contribution is -2.17. The summed E-state index contributed by atoms with van der Waals surface area (Å²) in [5.41, 5.74) is 4.71. The fourth-order valence-electron chi connectivity index (χ4n) is 1.90. The van der Waals surface area contributed by atoms with Crippen LogP contribution in [-0.2, 0) is 0 Å². The van der Waals surface area contributed by atoms with Gasteiger partial charge in [0.05, 0.1) is 11.7 Å². The third kappa shape index (κ3) is 3.09. The minimum atomic E-state index is -0.263. The van der Waals surface area contributed by atoms with Gasteiger partial charge in [-0.25, -0.2) is 5.43 Å². The van der Waals surface area contributed by atoms with Crippen LogP contribution in [0.25, 0.3) is 10.9 Å². The van der Waals surface area contributed by atoms with Crippen LogP contribution < -0.4 is 5.43 Å². The molecule has 0 aliphatic rings. The van der Waals surface area contributed by atoms with E-state index in [1.807, 2.05) is 24.3 Å². The van der Waals surface area contributed by atoms with Gasteiger partial charge in [0.15, 0.2) is 0 Å². The largest absolute Gasteiger partial charge is 0.271 e. The molecular formula is C16H12N4O. The molecule has 2 aromatic heterocycles. The number of carbonyl (C=O) groups excluding carboxylic acids is 1. The number of carbonyl (C=O) groups is 1. The molecule has 0 bridgehead atoms. The van der Waals surface area contributed by atoms with Crippen LogP contribution in [0.2, 0.25) is 0 Å². The molecule has 1 N–H and O–H groups in total. The van der Waals surface area contributed by atoms with E-state index in [0.29, 0.717) is 5.56 Å². The number of aromatic nitrogens is 2. The second-order valence-corrected chi connectivity index (χ2v) is 4.40. The van der Waals surface area contributed by atoms with Crippen molar-refractivity contribution < 1.29 is 4.79 Å². The van der Waals surface area contributed by atoms with Crippen LogP contribution in [0.5, 0.6) is 0 Å². The number of pyridine rings is 2. The second kappa shape index (κ2) is 5.92. The quantitative estimate of drug-likeness (QED) is 0.590. The Bertz CT molecular complexity index is 799. The van der Waals surface area contributed by atoms with Crippen molar-refractivity contribution in [1.29, 1.82) is 0 Å². The standard InChI is InChI=1S/C16H12N4O/c21-16(20-19-11-12-3-1-7-17-10-12)14-5-6-15-13(9-14)4-2-8-18-15/h1-11H,(H,20,21)/b19-11-. The second-order valence-electron chi connectivity index (χ2n) is 4.40. The Morgan fingerprint density at radius 3 is 2.90 bits per heavy atom. The molecule has 3 aromatic rings. The molecule has 0 unspecified atom stereocenters. The Kier molecular flexibility index (Phi) is 3.64. The highest BCUT2D eigenvalue weighted by molar-refractivity contribution is 5.98. The highest BCUT2D eigenvalue weighted by atomic mass is 16.2. The zero-order valence-corrected chi connectivity index (χ0v) is 11.1. The summed E-state index contributed by atoms with van der Waals surface area (Å²) >= 11 is 0. The van der Waals surface area contributed by atoms with Gasteiger partial charge in [-0.3, -0.25) is 14.8 Å². The first-order chi connectivity index (χ1) is 10.3. The van der Waals surface area contributed by atoms with Crippen LogP contribution in [0.15, 0.2) is 66.2 Å². The normalized spacial score (nSPS) is 10.9. The summed E-state index contributed by atoms with van der Waals surface area (Å²) in [4.78, 5) is 20.2. The van der Waals surface area contributed by atoms with Gasteiger partial charge in [0.25, 0.3) is 5.91 Å². The van der Waals surface area contributed by atoms with E-state index in [2.05, 4.69) is 20.5 Å². The Morgan fingerprint density at radius 2 is 2.05 bits per heavy atom. The molecule has 0 saturated carbocycles. The average Bonchev–Trinajstić information content (AvgIpc) is 2.55. The number of nitrogens with one attached hydrogen (secondary N) is 1. The molecule has 0 aliphatic carbocycles. The van der Waals surface area contributed by atoms with E-state index in [9.17, 15) is 4.79 Å². The monoisotopic (exact) mass is 276 g/mol. The molecule has 5 nitrogen and oxygen atoms in total. The van der Waals surface area contributed by atoms with E-state index < -0.39 is 0 Å². The van der Waals surface area contributed by atoms with Crippen molar-refractivity contribution in [1.82, 2.24) is 15.4 Å². The summed E-state index contributed by atoms with van der Waals surface area (Å²) < 4.78 is 0. The fraction of sp³-hybridized carbons (Fsp3) is 0. The smallest absolute Gasteiger partial charge is 0.267 e. The number of nitrogens with zero attached hydrogens (tertiary/aromatic N) is 3. The molecule has 1 aromatic carbocycles. The average molecular weight is 276 g/mol. The minimum Gasteiger partial charge on any atom is -0.267 e. The van der Waals surface area contributed by atoms with Crippen molar-refractivity contribution in [3.63, 3.8) is 0 Å². The van der Waals surface area contributed by atoms with Crippen molar-refractivity contribution in [2.24, 2.45) is 5.10 Å². The Balaban J connectivity index is 1.73. The molecule has 1 amide bonds. The lowest BCUT2D eigenvalue weighted by molar-refractivity contribution is 0.0955. The maximum atomic E-state index is 12.0. The maximum Gasteiger partial charge on any atom is 0.271 e. The van der Waals surface area contributed by atoms with E-state index in [0.717, 1.165) is 16.5 Å². The molecule has 0 fully saturated rings. The van der Waals surface area contributed by atoms with Crippen molar-refractivity contribution in [2.75, 3.05) is 0 Å². The van der Waals surface area contributed by atoms with Gasteiger partial charge < -0.3 is 0 Å². The lowest BCUT2D eigenvalue weighted by Gasteiger charge is -2.01. The van der Waals surface area contributed by atoms with E-state index in [1.54, 1.807) is 43.0 Å². The van der Waals surface area contributed by atoms with E-state index in [-0.39, 0.29) is 5.91 Å². The first kappa shape index (κ1) is 12.9. The zero-order chi connectivity index (χ0) is 14.5. The number of hydrogen-bond donors (Lipinski definition) is 1. The lowest BCUT2D eigenvalue weighted by atomic mass is 10.1. The topological polar surface area (TPSA) is 67.2 Å². The number of fused-ring (bicyclic) bond motifs is 1. The van der Waals surface area contributed by atoms with Crippen molar-refractivity contribution in [2.45, 2.75) is 0 Å². The van der Waals surface area contributed by atoms with Crippen LogP contribution in [-0.4, -0.2) is 22.1 Å². The first-order valence-electron chi connectivity index (χ1n) is 6.41. The molecule has 0 radical (unpaired) electrons. The van der Waals surface area contributed by atoms with E-state index in [4.69, 9.17) is 0 Å². The van der Waals surface area contributed by atoms with Gasteiger partial charge in [0.1, 0.15) is 0 Å². The first-order valence-corrected chi connectivity index (χ1v) is 6.41. The number of benzene rings is 1. The van der Waals surface area contributed by atoms with E-state index >= 15 is 0 Å². The van der Waals surface area contributed by atoms with Gasteiger partial charge in [-0.2, -0.15) is 5.10 Å². The summed E-state index contributed by atoms with van der Waals surface area (Å²) in [6.07, 6.45) is 6.62. The molecule has 0 saturated heterocycles. The summed E-state index contributed by atoms with van der Waals surface area (Å²) in [7, 11) is 0. The van der Waals surface area contributed by atoms with Gasteiger partial charge in [-0.15, -0.1) is 0 Å². The van der Waals surface area contributed by atoms with Crippen LogP contribution in [0, 0.1) is 0 Å². The highest BCUT2D eigenvalue weighted by Crippen LogP contribution is 2.13. The SMILES string of the molecule is O=C(N/N=C\c1cccnc1)c1ccc2ncccc2c1. The Morgan fingerprint density at radius 1 is 1.14 bits per heavy atom. The number of hydrogen-bond acceptors (Lipinski definition) is 4. The van der Waals surface area contributed by atoms with Crippen molar-refractivity contribution in [3.05, 3.63) is 72.2 Å². The summed E-state index contributed by atoms with van der Waals surface area (Å²) in [6, 6.07) is 12.7. The van der Waals surface area contributed by atoms with E-state index in [1.165, 1.54) is 0 Å². The fourth-order valence-corrected chi connectivity index (χ4v) is 1.90. The number of rotatable bonds is 3. The van der Waals surface area contributed by atoms with Crippen LogP contribution >= 0.6 is 0 Å². The molecule has 0 atom stereocenters. The van der Waals surface area contributed by atoms with Gasteiger partial charge in [0.2, 0.25) is 0 Å². The Hall–Kier alpha value is -3.08. The molecule has 102 valence electrons. The summed E-state index contributed by atoms with van der Waals surface area (Å²) in [5.74, 6) is -0.263. The summed E-state index contributed by atoms with van der Waals surface area (Å²) in [5, 5.41) is 4.84. The zero-order valence-electron chi connectivity index (χ0n) is 11.1. The Labute approximate surface area is 121 Å². The third-order valence-corrected chi connectivity index (χ3v) is 2.93. The van der Waals surface area contributed by atoms with Gasteiger partial charge >= 0.3 is 0 Å². The predicted octanol–water partition coefficient (Wildman–Crippen LogP) is 2.39. The third-order valence-electron chi connectivity index (χ3n) is 2.93. The molecule has 0 spiro atoms. The molecule has 5 heteroatoms. The molecule has 2 heterocycles. The van der Waals surface area contributed by atoms with Gasteiger partial charge in [-0.05, 0) is 30.3 Å². The maximum absolute atomic E-state index is 12.0. The predicted molar refractivity (Wildman–Crippen MR) is 81.0 cm³/mol. The van der Waals surface area contributed by atoms with Crippen molar-refractivity contribution in [3.8, 4) is 0 Å². The molecule has 21 heavy (non-hydrogen) atoms. The molecule has 0 aliphatic heterocycles.